The Bertz CT molecular complexity index is 381. The molecule has 3 rings (SSSR count). The molecular formula is C18H34N2O. The van der Waals surface area contributed by atoms with Crippen molar-refractivity contribution in [3.8, 4) is 0 Å². The number of nitrogens with zero attached hydrogens (tertiary/aromatic N) is 1. The molecule has 0 radical (unpaired) electrons. The molecule has 3 nitrogen and oxygen atoms in total. The first kappa shape index (κ1) is 15.8. The van der Waals surface area contributed by atoms with E-state index in [1.165, 1.54) is 32.2 Å². The van der Waals surface area contributed by atoms with E-state index in [0.717, 1.165) is 31.7 Å². The largest absolute Gasteiger partial charge is 0.388 e. The van der Waals surface area contributed by atoms with Crippen LogP contribution in [0.15, 0.2) is 0 Å². The Morgan fingerprint density at radius 2 is 1.76 bits per heavy atom. The SMILES string of the molecule is CC(C)(C)C1CCC(CN)(C2(O)CCN3CCCC32)CC1. The van der Waals surface area contributed by atoms with Crippen LogP contribution in [0.25, 0.3) is 0 Å². The van der Waals surface area contributed by atoms with Gasteiger partial charge in [-0.15, -0.1) is 0 Å². The topological polar surface area (TPSA) is 49.5 Å². The quantitative estimate of drug-likeness (QED) is 0.823. The van der Waals surface area contributed by atoms with Gasteiger partial charge in [0.25, 0.3) is 0 Å². The normalized spacial score (nSPS) is 45.0. The molecule has 0 spiro atoms. The molecule has 122 valence electrons. The summed E-state index contributed by atoms with van der Waals surface area (Å²) in [5.41, 5.74) is 6.09. The Morgan fingerprint density at radius 1 is 1.10 bits per heavy atom. The first-order chi connectivity index (χ1) is 9.82. The molecule has 3 fully saturated rings. The van der Waals surface area contributed by atoms with Gasteiger partial charge in [0.1, 0.15) is 0 Å². The zero-order chi connectivity index (χ0) is 15.3. The van der Waals surface area contributed by atoms with Crippen molar-refractivity contribution < 1.29 is 5.11 Å². The molecular weight excluding hydrogens is 260 g/mol. The summed E-state index contributed by atoms with van der Waals surface area (Å²) in [6.07, 6.45) is 8.05. The van der Waals surface area contributed by atoms with Gasteiger partial charge in [-0.1, -0.05) is 20.8 Å². The van der Waals surface area contributed by atoms with Crippen molar-refractivity contribution in [3.63, 3.8) is 0 Å². The highest BCUT2D eigenvalue weighted by atomic mass is 16.3. The summed E-state index contributed by atoms with van der Waals surface area (Å²) in [6.45, 7) is 9.98. The van der Waals surface area contributed by atoms with Crippen LogP contribution in [0.3, 0.4) is 0 Å². The van der Waals surface area contributed by atoms with Gasteiger partial charge in [-0.3, -0.25) is 4.90 Å². The Morgan fingerprint density at radius 3 is 2.33 bits per heavy atom. The van der Waals surface area contributed by atoms with Gasteiger partial charge in [-0.05, 0) is 62.8 Å². The van der Waals surface area contributed by atoms with Crippen LogP contribution < -0.4 is 5.73 Å². The summed E-state index contributed by atoms with van der Waals surface area (Å²) in [5, 5.41) is 11.6. The van der Waals surface area contributed by atoms with Gasteiger partial charge in [-0.25, -0.2) is 0 Å². The second-order valence-electron chi connectivity index (χ2n) is 8.99. The molecule has 2 saturated heterocycles. The third-order valence-corrected chi connectivity index (χ3v) is 7.17. The minimum Gasteiger partial charge on any atom is -0.388 e. The van der Waals surface area contributed by atoms with Crippen LogP contribution in [0.4, 0.5) is 0 Å². The maximum atomic E-state index is 11.6. The summed E-state index contributed by atoms with van der Waals surface area (Å²) >= 11 is 0. The van der Waals surface area contributed by atoms with Crippen LogP contribution in [0, 0.1) is 16.7 Å². The fourth-order valence-corrected chi connectivity index (χ4v) is 5.58. The van der Waals surface area contributed by atoms with Crippen LogP contribution >= 0.6 is 0 Å². The van der Waals surface area contributed by atoms with Crippen LogP contribution in [0.5, 0.6) is 0 Å². The Kier molecular flexibility index (Phi) is 3.91. The fourth-order valence-electron chi connectivity index (χ4n) is 5.58. The molecule has 0 aromatic carbocycles. The Hall–Kier alpha value is -0.120. The lowest BCUT2D eigenvalue weighted by atomic mass is 9.56. The first-order valence-electron chi connectivity index (χ1n) is 8.99. The summed E-state index contributed by atoms with van der Waals surface area (Å²) in [4.78, 5) is 2.52. The summed E-state index contributed by atoms with van der Waals surface area (Å²) in [6, 6.07) is 0.382. The average Bonchev–Trinajstić information content (AvgIpc) is 3.03. The van der Waals surface area contributed by atoms with Gasteiger partial charge < -0.3 is 10.8 Å². The van der Waals surface area contributed by atoms with Crippen LogP contribution in [-0.2, 0) is 0 Å². The van der Waals surface area contributed by atoms with E-state index in [1.54, 1.807) is 0 Å². The van der Waals surface area contributed by atoms with E-state index in [4.69, 9.17) is 5.73 Å². The average molecular weight is 294 g/mol. The zero-order valence-electron chi connectivity index (χ0n) is 14.2. The minimum absolute atomic E-state index is 0.0293. The summed E-state index contributed by atoms with van der Waals surface area (Å²) in [5.74, 6) is 0.779. The molecule has 1 saturated carbocycles. The molecule has 2 unspecified atom stereocenters. The highest BCUT2D eigenvalue weighted by Gasteiger charge is 2.60. The van der Waals surface area contributed by atoms with Gasteiger partial charge in [0.2, 0.25) is 0 Å². The minimum atomic E-state index is -0.527. The van der Waals surface area contributed by atoms with Crippen molar-refractivity contribution in [3.05, 3.63) is 0 Å². The highest BCUT2D eigenvalue weighted by Crippen LogP contribution is 2.55. The molecule has 21 heavy (non-hydrogen) atoms. The van der Waals surface area contributed by atoms with Crippen molar-refractivity contribution in [1.29, 1.82) is 0 Å². The molecule has 3 N–H and O–H groups in total. The predicted molar refractivity (Wildman–Crippen MR) is 87.1 cm³/mol. The van der Waals surface area contributed by atoms with E-state index in [-0.39, 0.29) is 5.41 Å². The number of hydrogen-bond donors (Lipinski definition) is 2. The number of fused-ring (bicyclic) bond motifs is 1. The zero-order valence-corrected chi connectivity index (χ0v) is 14.2. The third-order valence-electron chi connectivity index (χ3n) is 7.17. The number of rotatable bonds is 2. The molecule has 0 amide bonds. The smallest absolute Gasteiger partial charge is 0.0882 e. The molecule has 2 aliphatic heterocycles. The third kappa shape index (κ3) is 2.36. The predicted octanol–water partition coefficient (Wildman–Crippen LogP) is 2.77. The maximum Gasteiger partial charge on any atom is 0.0882 e. The van der Waals surface area contributed by atoms with Crippen molar-refractivity contribution in [1.82, 2.24) is 4.90 Å². The standard InChI is InChI=1S/C18H34N2O/c1-16(2,3)14-6-8-17(13-19,9-7-14)18(21)10-12-20-11-4-5-15(18)20/h14-15,21H,4-13,19H2,1-3H3. The van der Waals surface area contributed by atoms with Gasteiger partial charge in [-0.2, -0.15) is 0 Å². The van der Waals surface area contributed by atoms with Crippen molar-refractivity contribution >= 4 is 0 Å². The maximum absolute atomic E-state index is 11.6. The van der Waals surface area contributed by atoms with Crippen LogP contribution in [-0.4, -0.2) is 41.3 Å². The molecule has 0 aromatic heterocycles. The van der Waals surface area contributed by atoms with E-state index in [9.17, 15) is 5.11 Å². The lowest BCUT2D eigenvalue weighted by molar-refractivity contribution is -0.123. The molecule has 3 aliphatic rings. The summed E-state index contributed by atoms with van der Waals surface area (Å²) < 4.78 is 0. The molecule has 3 heteroatoms. The van der Waals surface area contributed by atoms with E-state index < -0.39 is 5.60 Å². The second kappa shape index (κ2) is 5.21. The van der Waals surface area contributed by atoms with Crippen molar-refractivity contribution in [2.75, 3.05) is 19.6 Å². The van der Waals surface area contributed by atoms with E-state index in [1.807, 2.05) is 0 Å². The van der Waals surface area contributed by atoms with Gasteiger partial charge >= 0.3 is 0 Å². The van der Waals surface area contributed by atoms with Crippen LogP contribution in [0.2, 0.25) is 0 Å². The number of nitrogens with two attached hydrogens (primary N) is 1. The Labute approximate surface area is 130 Å². The lowest BCUT2D eigenvalue weighted by Gasteiger charge is -2.53. The van der Waals surface area contributed by atoms with E-state index >= 15 is 0 Å². The first-order valence-corrected chi connectivity index (χ1v) is 8.99. The lowest BCUT2D eigenvalue weighted by Crippen LogP contribution is -2.59. The molecule has 1 aliphatic carbocycles. The van der Waals surface area contributed by atoms with Gasteiger partial charge in [0, 0.05) is 24.5 Å². The monoisotopic (exact) mass is 294 g/mol. The molecule has 0 bridgehead atoms. The fraction of sp³-hybridized carbons (Fsp3) is 1.00. The molecule has 2 atom stereocenters. The van der Waals surface area contributed by atoms with Crippen molar-refractivity contribution in [2.45, 2.75) is 77.4 Å². The summed E-state index contributed by atoms with van der Waals surface area (Å²) in [7, 11) is 0. The highest BCUT2D eigenvalue weighted by molar-refractivity contribution is 5.13. The van der Waals surface area contributed by atoms with E-state index in [0.29, 0.717) is 18.0 Å². The Balaban J connectivity index is 1.79. The molecule has 2 heterocycles. The van der Waals surface area contributed by atoms with Gasteiger partial charge in [0.05, 0.1) is 5.60 Å². The number of hydrogen-bond acceptors (Lipinski definition) is 3. The molecule has 0 aromatic rings. The van der Waals surface area contributed by atoms with E-state index in [2.05, 4.69) is 25.7 Å². The van der Waals surface area contributed by atoms with Crippen molar-refractivity contribution in [2.24, 2.45) is 22.5 Å². The van der Waals surface area contributed by atoms with Crippen LogP contribution in [0.1, 0.15) is 65.7 Å². The van der Waals surface area contributed by atoms with Gasteiger partial charge in [0.15, 0.2) is 0 Å². The number of aliphatic hydroxyl groups is 1. The second-order valence-corrected chi connectivity index (χ2v) is 8.99.